The number of fused-ring (bicyclic) bond motifs is 1. The fourth-order valence-electron chi connectivity index (χ4n) is 3.25. The van der Waals surface area contributed by atoms with E-state index in [1.807, 2.05) is 6.07 Å². The van der Waals surface area contributed by atoms with Crippen LogP contribution in [-0.2, 0) is 12.8 Å². The van der Waals surface area contributed by atoms with Crippen molar-refractivity contribution >= 4 is 0 Å². The van der Waals surface area contributed by atoms with Crippen molar-refractivity contribution in [2.75, 3.05) is 0 Å². The van der Waals surface area contributed by atoms with Crippen LogP contribution in [0, 0.1) is 0 Å². The van der Waals surface area contributed by atoms with Gasteiger partial charge in [-0.1, -0.05) is 31.4 Å². The SMILES string of the molecule is CCCCCc1cc(O)c2c(c1)OC(C)(C)C(C)=C(C=C(C)C)C2. The van der Waals surface area contributed by atoms with Gasteiger partial charge in [-0.2, -0.15) is 0 Å². The maximum absolute atomic E-state index is 10.6. The number of benzene rings is 1. The molecule has 0 spiro atoms. The lowest BCUT2D eigenvalue weighted by Crippen LogP contribution is -2.29. The van der Waals surface area contributed by atoms with Crippen molar-refractivity contribution in [1.82, 2.24) is 0 Å². The first-order valence-electron chi connectivity index (χ1n) is 9.13. The number of unbranched alkanes of at least 4 members (excludes halogenated alkanes) is 2. The van der Waals surface area contributed by atoms with Crippen LogP contribution >= 0.6 is 0 Å². The predicted octanol–water partition coefficient (Wildman–Crippen LogP) is 6.12. The molecule has 2 heteroatoms. The molecule has 24 heavy (non-hydrogen) atoms. The molecule has 132 valence electrons. The summed E-state index contributed by atoms with van der Waals surface area (Å²) in [5.41, 5.74) is 5.44. The van der Waals surface area contributed by atoms with Crippen molar-refractivity contribution < 1.29 is 9.84 Å². The van der Waals surface area contributed by atoms with E-state index in [-0.39, 0.29) is 5.60 Å². The Labute approximate surface area is 147 Å². The van der Waals surface area contributed by atoms with Gasteiger partial charge >= 0.3 is 0 Å². The summed E-state index contributed by atoms with van der Waals surface area (Å²) in [6.07, 6.45) is 7.50. The van der Waals surface area contributed by atoms with Crippen molar-refractivity contribution in [3.8, 4) is 11.5 Å². The minimum Gasteiger partial charge on any atom is -0.508 e. The minimum atomic E-state index is -0.374. The Morgan fingerprint density at radius 1 is 1.25 bits per heavy atom. The summed E-state index contributed by atoms with van der Waals surface area (Å²) in [6.45, 7) is 12.8. The first-order chi connectivity index (χ1) is 11.2. The van der Waals surface area contributed by atoms with Crippen molar-refractivity contribution in [2.45, 2.75) is 79.2 Å². The third-order valence-corrected chi connectivity index (χ3v) is 4.89. The Hall–Kier alpha value is -1.70. The molecule has 1 aromatic rings. The topological polar surface area (TPSA) is 29.5 Å². The van der Waals surface area contributed by atoms with E-state index in [0.717, 1.165) is 30.6 Å². The third kappa shape index (κ3) is 4.23. The number of phenolic OH excluding ortho intramolecular Hbond substituents is 1. The van der Waals surface area contributed by atoms with Gasteiger partial charge in [-0.15, -0.1) is 0 Å². The summed E-state index contributed by atoms with van der Waals surface area (Å²) < 4.78 is 6.35. The van der Waals surface area contributed by atoms with Crippen LogP contribution < -0.4 is 4.74 Å². The fraction of sp³-hybridized carbons (Fsp3) is 0.545. The number of hydrogen-bond donors (Lipinski definition) is 1. The molecule has 0 saturated heterocycles. The Kier molecular flexibility index (Phi) is 5.79. The zero-order chi connectivity index (χ0) is 17.9. The number of hydrogen-bond acceptors (Lipinski definition) is 2. The lowest BCUT2D eigenvalue weighted by molar-refractivity contribution is 0.148. The lowest BCUT2D eigenvalue weighted by atomic mass is 9.91. The van der Waals surface area contributed by atoms with Gasteiger partial charge in [0.1, 0.15) is 17.1 Å². The highest BCUT2D eigenvalue weighted by atomic mass is 16.5. The van der Waals surface area contributed by atoms with E-state index in [2.05, 4.69) is 53.7 Å². The average Bonchev–Trinajstić information content (AvgIpc) is 2.56. The summed E-state index contributed by atoms with van der Waals surface area (Å²) in [4.78, 5) is 0. The van der Waals surface area contributed by atoms with Gasteiger partial charge in [-0.25, -0.2) is 0 Å². The standard InChI is InChI=1S/C22H32O2/c1-7-8-9-10-17-12-20(23)19-14-18(11-15(2)3)16(4)22(5,6)24-21(19)13-17/h11-13,23H,7-10,14H2,1-6H3. The van der Waals surface area contributed by atoms with Crippen molar-refractivity contribution in [2.24, 2.45) is 0 Å². The molecule has 0 radical (unpaired) electrons. The van der Waals surface area contributed by atoms with E-state index in [0.29, 0.717) is 5.75 Å². The normalized spacial score (nSPS) is 16.2. The summed E-state index contributed by atoms with van der Waals surface area (Å²) >= 11 is 0. The van der Waals surface area contributed by atoms with Crippen LogP contribution in [0.25, 0.3) is 0 Å². The number of aromatic hydroxyl groups is 1. The molecule has 1 aliphatic heterocycles. The number of phenols is 1. The maximum Gasteiger partial charge on any atom is 0.128 e. The molecule has 1 aromatic carbocycles. The van der Waals surface area contributed by atoms with Crippen molar-refractivity contribution in [3.63, 3.8) is 0 Å². The molecule has 0 bridgehead atoms. The van der Waals surface area contributed by atoms with Crippen LogP contribution in [0.2, 0.25) is 0 Å². The lowest BCUT2D eigenvalue weighted by Gasteiger charge is -2.28. The molecular weight excluding hydrogens is 296 g/mol. The molecule has 0 amide bonds. The minimum absolute atomic E-state index is 0.365. The number of aryl methyl sites for hydroxylation is 1. The Morgan fingerprint density at radius 2 is 1.96 bits per heavy atom. The largest absolute Gasteiger partial charge is 0.508 e. The number of rotatable bonds is 5. The first kappa shape index (κ1) is 18.6. The van der Waals surface area contributed by atoms with E-state index < -0.39 is 0 Å². The van der Waals surface area contributed by atoms with Gasteiger partial charge in [0.15, 0.2) is 0 Å². The molecule has 0 aromatic heterocycles. The van der Waals surface area contributed by atoms with Crippen molar-refractivity contribution in [3.05, 3.63) is 46.1 Å². The van der Waals surface area contributed by atoms with Crippen LogP contribution in [0.15, 0.2) is 34.9 Å². The highest BCUT2D eigenvalue weighted by Crippen LogP contribution is 2.40. The van der Waals surface area contributed by atoms with Gasteiger partial charge in [0.2, 0.25) is 0 Å². The van der Waals surface area contributed by atoms with E-state index in [4.69, 9.17) is 4.74 Å². The van der Waals surface area contributed by atoms with Gasteiger partial charge in [-0.05, 0) is 76.3 Å². The van der Waals surface area contributed by atoms with Crippen molar-refractivity contribution in [1.29, 1.82) is 0 Å². The van der Waals surface area contributed by atoms with Crippen LogP contribution in [-0.4, -0.2) is 10.7 Å². The van der Waals surface area contributed by atoms with Crippen LogP contribution in [0.5, 0.6) is 11.5 Å². The van der Waals surface area contributed by atoms with E-state index in [1.54, 1.807) is 0 Å². The molecule has 1 heterocycles. The van der Waals surface area contributed by atoms with Gasteiger partial charge in [0, 0.05) is 12.0 Å². The molecule has 0 saturated carbocycles. The van der Waals surface area contributed by atoms with E-state index >= 15 is 0 Å². The summed E-state index contributed by atoms with van der Waals surface area (Å²) in [5.74, 6) is 1.20. The monoisotopic (exact) mass is 328 g/mol. The van der Waals surface area contributed by atoms with Crippen LogP contribution in [0.4, 0.5) is 0 Å². The summed E-state index contributed by atoms with van der Waals surface area (Å²) in [6, 6.07) is 4.05. The Morgan fingerprint density at radius 3 is 2.58 bits per heavy atom. The summed E-state index contributed by atoms with van der Waals surface area (Å²) in [5, 5.41) is 10.6. The highest BCUT2D eigenvalue weighted by Gasteiger charge is 2.30. The van der Waals surface area contributed by atoms with Crippen LogP contribution in [0.1, 0.15) is 71.9 Å². The second-order valence-electron chi connectivity index (χ2n) is 7.71. The quantitative estimate of drug-likeness (QED) is 0.660. The average molecular weight is 328 g/mol. The molecule has 0 aliphatic carbocycles. The summed E-state index contributed by atoms with van der Waals surface area (Å²) in [7, 11) is 0. The molecule has 2 rings (SSSR count). The number of allylic oxidation sites excluding steroid dienone is 3. The van der Waals surface area contributed by atoms with Gasteiger partial charge in [0.25, 0.3) is 0 Å². The van der Waals surface area contributed by atoms with Gasteiger partial charge in [-0.3, -0.25) is 0 Å². The molecule has 0 atom stereocenters. The Balaban J connectivity index is 2.43. The van der Waals surface area contributed by atoms with E-state index in [1.165, 1.54) is 35.1 Å². The number of ether oxygens (including phenoxy) is 1. The smallest absolute Gasteiger partial charge is 0.128 e. The van der Waals surface area contributed by atoms with Gasteiger partial charge < -0.3 is 9.84 Å². The zero-order valence-corrected chi connectivity index (χ0v) is 16.1. The molecule has 0 fully saturated rings. The second kappa shape index (κ2) is 7.46. The van der Waals surface area contributed by atoms with Crippen LogP contribution in [0.3, 0.4) is 0 Å². The highest BCUT2D eigenvalue weighted by molar-refractivity contribution is 5.53. The first-order valence-corrected chi connectivity index (χ1v) is 9.13. The third-order valence-electron chi connectivity index (χ3n) is 4.89. The maximum atomic E-state index is 10.6. The molecule has 1 N–H and O–H groups in total. The fourth-order valence-corrected chi connectivity index (χ4v) is 3.25. The molecular formula is C22H32O2. The molecule has 0 unspecified atom stereocenters. The zero-order valence-electron chi connectivity index (χ0n) is 16.1. The molecule has 1 aliphatic rings. The van der Waals surface area contributed by atoms with E-state index in [9.17, 15) is 5.11 Å². The second-order valence-corrected chi connectivity index (χ2v) is 7.71. The predicted molar refractivity (Wildman–Crippen MR) is 102 cm³/mol. The Bertz CT molecular complexity index is 659. The molecule has 2 nitrogen and oxygen atoms in total. The van der Waals surface area contributed by atoms with Gasteiger partial charge in [0.05, 0.1) is 0 Å².